The maximum absolute atomic E-state index is 5.89. The Morgan fingerprint density at radius 3 is 2.57 bits per heavy atom. The first-order valence-electron chi connectivity index (χ1n) is 8.97. The van der Waals surface area contributed by atoms with Gasteiger partial charge < -0.3 is 15.0 Å². The number of anilines is 1. The van der Waals surface area contributed by atoms with Gasteiger partial charge in [0.1, 0.15) is 12.4 Å². The Morgan fingerprint density at radius 1 is 0.964 bits per heavy atom. The van der Waals surface area contributed by atoms with E-state index < -0.39 is 0 Å². The van der Waals surface area contributed by atoms with Crippen LogP contribution in [0.4, 0.5) is 5.82 Å². The van der Waals surface area contributed by atoms with Crippen molar-refractivity contribution in [2.24, 2.45) is 0 Å². The van der Waals surface area contributed by atoms with Gasteiger partial charge in [-0.25, -0.2) is 9.97 Å². The lowest BCUT2D eigenvalue weighted by atomic mass is 10.1. The van der Waals surface area contributed by atoms with Gasteiger partial charge in [-0.1, -0.05) is 29.4 Å². The van der Waals surface area contributed by atoms with Crippen molar-refractivity contribution in [3.05, 3.63) is 89.4 Å². The molecule has 3 heterocycles. The summed E-state index contributed by atoms with van der Waals surface area (Å²) < 4.78 is 11.2. The van der Waals surface area contributed by atoms with Crippen molar-refractivity contribution < 1.29 is 9.26 Å². The van der Waals surface area contributed by atoms with Crippen LogP contribution in [0.3, 0.4) is 0 Å². The number of nitrogens with zero attached hydrogens (tertiary/aromatic N) is 3. The highest BCUT2D eigenvalue weighted by atomic mass is 16.5. The van der Waals surface area contributed by atoms with Gasteiger partial charge in [-0.15, -0.1) is 0 Å². The van der Waals surface area contributed by atoms with Gasteiger partial charge in [-0.05, 0) is 41.8 Å². The molecule has 1 aromatic carbocycles. The number of benzene rings is 1. The Hall–Kier alpha value is -3.67. The smallest absolute Gasteiger partial charge is 0.213 e. The van der Waals surface area contributed by atoms with E-state index in [-0.39, 0.29) is 0 Å². The summed E-state index contributed by atoms with van der Waals surface area (Å²) in [6.45, 7) is 2.49. The zero-order chi connectivity index (χ0) is 19.3. The Labute approximate surface area is 163 Å². The molecule has 0 fully saturated rings. The third-order valence-electron chi connectivity index (χ3n) is 4.35. The molecule has 28 heavy (non-hydrogen) atoms. The van der Waals surface area contributed by atoms with Crippen molar-refractivity contribution in [1.82, 2.24) is 15.1 Å². The van der Waals surface area contributed by atoms with E-state index in [1.165, 1.54) is 0 Å². The average molecular weight is 372 g/mol. The van der Waals surface area contributed by atoms with E-state index >= 15 is 0 Å². The Balaban J connectivity index is 1.39. The van der Waals surface area contributed by atoms with E-state index in [9.17, 15) is 0 Å². The van der Waals surface area contributed by atoms with Gasteiger partial charge in [0.25, 0.3) is 0 Å². The van der Waals surface area contributed by atoms with Gasteiger partial charge in [0.2, 0.25) is 5.88 Å². The fourth-order valence-corrected chi connectivity index (χ4v) is 2.86. The number of pyridine rings is 2. The second-order valence-electron chi connectivity index (χ2n) is 6.57. The largest absolute Gasteiger partial charge is 0.473 e. The van der Waals surface area contributed by atoms with E-state index in [2.05, 4.69) is 27.3 Å². The van der Waals surface area contributed by atoms with Gasteiger partial charge in [-0.2, -0.15) is 0 Å². The summed E-state index contributed by atoms with van der Waals surface area (Å²) in [6.07, 6.45) is 4.07. The number of aromatic nitrogens is 3. The van der Waals surface area contributed by atoms with Crippen LogP contribution in [0.15, 0.2) is 71.5 Å². The van der Waals surface area contributed by atoms with Crippen LogP contribution in [0.5, 0.6) is 5.88 Å². The minimum absolute atomic E-state index is 0.428. The minimum atomic E-state index is 0.428. The van der Waals surface area contributed by atoms with Crippen LogP contribution in [0.25, 0.3) is 11.3 Å². The molecule has 3 aromatic heterocycles. The molecule has 4 rings (SSSR count). The lowest BCUT2D eigenvalue weighted by Crippen LogP contribution is -1.98. The lowest BCUT2D eigenvalue weighted by molar-refractivity contribution is 0.293. The van der Waals surface area contributed by atoms with Crippen molar-refractivity contribution in [1.29, 1.82) is 0 Å². The molecule has 4 aromatic rings. The molecule has 0 aliphatic carbocycles. The van der Waals surface area contributed by atoms with Crippen LogP contribution in [0.2, 0.25) is 0 Å². The first-order valence-corrected chi connectivity index (χ1v) is 8.97. The molecule has 0 saturated carbocycles. The van der Waals surface area contributed by atoms with Gasteiger partial charge in [0.05, 0.1) is 11.3 Å². The van der Waals surface area contributed by atoms with Crippen molar-refractivity contribution in [3.8, 4) is 17.2 Å². The molecular weight excluding hydrogens is 352 g/mol. The summed E-state index contributed by atoms with van der Waals surface area (Å²) in [5, 5.41) is 4.14. The normalized spacial score (nSPS) is 10.8. The SMILES string of the molecule is Cc1ccnc(OCc2ccc(Cc3cc(-c4cccnc4N)on3)cc2)c1. The van der Waals surface area contributed by atoms with E-state index in [0.717, 1.165) is 27.9 Å². The highest BCUT2D eigenvalue weighted by Crippen LogP contribution is 2.25. The molecule has 6 nitrogen and oxygen atoms in total. The number of aryl methyl sites for hydroxylation is 1. The molecule has 0 saturated heterocycles. The average Bonchev–Trinajstić information content (AvgIpc) is 3.16. The fourth-order valence-electron chi connectivity index (χ4n) is 2.86. The number of hydrogen-bond donors (Lipinski definition) is 1. The van der Waals surface area contributed by atoms with Crippen molar-refractivity contribution in [2.45, 2.75) is 20.0 Å². The van der Waals surface area contributed by atoms with E-state index in [0.29, 0.717) is 30.5 Å². The molecule has 0 spiro atoms. The van der Waals surface area contributed by atoms with Gasteiger partial charge in [0.15, 0.2) is 5.76 Å². The maximum atomic E-state index is 5.89. The topological polar surface area (TPSA) is 87.1 Å². The van der Waals surface area contributed by atoms with E-state index in [4.69, 9.17) is 15.0 Å². The second-order valence-corrected chi connectivity index (χ2v) is 6.57. The van der Waals surface area contributed by atoms with E-state index in [1.807, 2.05) is 49.4 Å². The quantitative estimate of drug-likeness (QED) is 0.546. The van der Waals surface area contributed by atoms with Crippen molar-refractivity contribution >= 4 is 5.82 Å². The maximum Gasteiger partial charge on any atom is 0.213 e. The second kappa shape index (κ2) is 7.92. The molecule has 0 radical (unpaired) electrons. The molecule has 0 atom stereocenters. The Bertz CT molecular complexity index is 1070. The molecule has 6 heteroatoms. The zero-order valence-corrected chi connectivity index (χ0v) is 15.5. The third kappa shape index (κ3) is 4.17. The summed E-state index contributed by atoms with van der Waals surface area (Å²) in [4.78, 5) is 8.28. The number of nitrogens with two attached hydrogens (primary N) is 1. The number of ether oxygens (including phenoxy) is 1. The summed E-state index contributed by atoms with van der Waals surface area (Å²) >= 11 is 0. The zero-order valence-electron chi connectivity index (χ0n) is 15.5. The molecule has 0 unspecified atom stereocenters. The summed E-state index contributed by atoms with van der Waals surface area (Å²) in [5.41, 5.74) is 10.8. The Kier molecular flexibility index (Phi) is 5.01. The van der Waals surface area contributed by atoms with Crippen molar-refractivity contribution in [2.75, 3.05) is 5.73 Å². The Morgan fingerprint density at radius 2 is 1.79 bits per heavy atom. The van der Waals surface area contributed by atoms with Crippen LogP contribution < -0.4 is 10.5 Å². The third-order valence-corrected chi connectivity index (χ3v) is 4.35. The predicted octanol–water partition coefficient (Wildman–Crippen LogP) is 4.19. The standard InChI is InChI=1S/C22H20N4O2/c1-15-8-10-24-21(11-15)27-14-17-6-4-16(5-7-17)12-18-13-20(28-26-18)19-3-2-9-25-22(19)23/h2-11,13H,12,14H2,1H3,(H2,23,25). The predicted molar refractivity (Wildman–Crippen MR) is 107 cm³/mol. The first-order chi connectivity index (χ1) is 13.7. The summed E-state index contributed by atoms with van der Waals surface area (Å²) in [6, 6.07) is 17.7. The first kappa shape index (κ1) is 17.7. The van der Waals surface area contributed by atoms with Gasteiger partial charge >= 0.3 is 0 Å². The molecule has 0 aliphatic heterocycles. The van der Waals surface area contributed by atoms with Crippen LogP contribution in [0, 0.1) is 6.92 Å². The molecule has 0 bridgehead atoms. The highest BCUT2D eigenvalue weighted by Gasteiger charge is 2.10. The minimum Gasteiger partial charge on any atom is -0.473 e. The van der Waals surface area contributed by atoms with Crippen LogP contribution >= 0.6 is 0 Å². The summed E-state index contributed by atoms with van der Waals surface area (Å²) in [5.74, 6) is 1.68. The van der Waals surface area contributed by atoms with E-state index in [1.54, 1.807) is 12.4 Å². The lowest BCUT2D eigenvalue weighted by Gasteiger charge is -2.06. The molecular formula is C22H20N4O2. The van der Waals surface area contributed by atoms with Gasteiger partial charge in [-0.3, -0.25) is 0 Å². The molecule has 0 amide bonds. The molecule has 140 valence electrons. The van der Waals surface area contributed by atoms with Crippen LogP contribution in [-0.4, -0.2) is 15.1 Å². The number of nitrogen functional groups attached to an aromatic ring is 1. The number of hydrogen-bond acceptors (Lipinski definition) is 6. The van der Waals surface area contributed by atoms with Crippen LogP contribution in [0.1, 0.15) is 22.4 Å². The van der Waals surface area contributed by atoms with Crippen molar-refractivity contribution in [3.63, 3.8) is 0 Å². The monoisotopic (exact) mass is 372 g/mol. The summed E-state index contributed by atoms with van der Waals surface area (Å²) in [7, 11) is 0. The van der Waals surface area contributed by atoms with Gasteiger partial charge in [0, 0.05) is 30.9 Å². The molecule has 2 N–H and O–H groups in total. The fraction of sp³-hybridized carbons (Fsp3) is 0.136. The highest BCUT2D eigenvalue weighted by molar-refractivity contribution is 5.69. The number of rotatable bonds is 6. The van der Waals surface area contributed by atoms with Crippen LogP contribution in [-0.2, 0) is 13.0 Å². The molecule has 0 aliphatic rings.